The number of nitrogens with one attached hydrogen (secondary N) is 1. The quantitative estimate of drug-likeness (QED) is 0.691. The Hall–Kier alpha value is -2.95. The van der Waals surface area contributed by atoms with Gasteiger partial charge in [0.1, 0.15) is 24.8 Å². The summed E-state index contributed by atoms with van der Waals surface area (Å²) in [6, 6.07) is 2.81. The van der Waals surface area contributed by atoms with Crippen molar-refractivity contribution in [3.05, 3.63) is 34.9 Å². The van der Waals surface area contributed by atoms with E-state index in [1.165, 1.54) is 11.0 Å². The number of anilines is 3. The van der Waals surface area contributed by atoms with Crippen LogP contribution in [0.4, 0.5) is 34.9 Å². The smallest absolute Gasteiger partial charge is 0.405 e. The number of rotatable bonds is 4. The van der Waals surface area contributed by atoms with Crippen molar-refractivity contribution in [2.24, 2.45) is 0 Å². The SMILES string of the molecule is O=C1N(c2cc(F)c3c(c2)CCO3)c2nc(CO)nc(NCC(F)(F)F)c2C12CCCC2. The lowest BCUT2D eigenvalue weighted by Gasteiger charge is -2.24. The third kappa shape index (κ3) is 3.17. The molecule has 2 aliphatic heterocycles. The zero-order valence-electron chi connectivity index (χ0n) is 16.9. The van der Waals surface area contributed by atoms with Crippen LogP contribution >= 0.6 is 0 Å². The molecule has 1 spiro atoms. The van der Waals surface area contributed by atoms with Crippen LogP contribution in [0.5, 0.6) is 5.75 Å². The van der Waals surface area contributed by atoms with Crippen LogP contribution in [0.1, 0.15) is 42.6 Å². The molecule has 3 aliphatic rings. The van der Waals surface area contributed by atoms with Gasteiger partial charge in [0.2, 0.25) is 5.91 Å². The molecular weight excluding hydrogens is 432 g/mol. The number of halogens is 4. The third-order valence-electron chi connectivity index (χ3n) is 6.28. The van der Waals surface area contributed by atoms with E-state index in [-0.39, 0.29) is 40.4 Å². The van der Waals surface area contributed by atoms with E-state index < -0.39 is 30.6 Å². The Balaban J connectivity index is 1.70. The Morgan fingerprint density at radius 1 is 1.22 bits per heavy atom. The first kappa shape index (κ1) is 20.9. The second-order valence-electron chi connectivity index (χ2n) is 8.26. The minimum atomic E-state index is -4.51. The van der Waals surface area contributed by atoms with Crippen molar-refractivity contribution >= 4 is 23.2 Å². The van der Waals surface area contributed by atoms with Crippen molar-refractivity contribution in [1.29, 1.82) is 0 Å². The van der Waals surface area contributed by atoms with E-state index in [1.807, 2.05) is 0 Å². The van der Waals surface area contributed by atoms with E-state index in [4.69, 9.17) is 4.74 Å². The second kappa shape index (κ2) is 7.29. The standard InChI is InChI=1S/C21H20F4N4O3/c22-13-8-12(7-11-3-6-32-16(11)13)29-18-15(20(19(29)31)4-1-2-5-20)17(26-10-21(23,24)25)27-14(9-30)28-18/h7-8,30H,1-6,9-10H2,(H,26,27,28). The van der Waals surface area contributed by atoms with Gasteiger partial charge in [-0.3, -0.25) is 9.69 Å². The largest absolute Gasteiger partial charge is 0.490 e. The molecule has 32 heavy (non-hydrogen) atoms. The number of benzene rings is 1. The molecule has 3 heterocycles. The minimum absolute atomic E-state index is 0.0823. The van der Waals surface area contributed by atoms with Gasteiger partial charge >= 0.3 is 6.18 Å². The van der Waals surface area contributed by atoms with Gasteiger partial charge in [-0.2, -0.15) is 13.2 Å². The maximum atomic E-state index is 14.7. The predicted octanol–water partition coefficient (Wildman–Crippen LogP) is 3.51. The Labute approximate surface area is 180 Å². The molecule has 1 aliphatic carbocycles. The summed E-state index contributed by atoms with van der Waals surface area (Å²) in [6.45, 7) is -1.65. The molecule has 1 aromatic heterocycles. The number of carbonyl (C=O) groups is 1. The maximum absolute atomic E-state index is 14.7. The monoisotopic (exact) mass is 452 g/mol. The molecule has 0 unspecified atom stereocenters. The fourth-order valence-electron chi connectivity index (χ4n) is 4.95. The fourth-order valence-corrected chi connectivity index (χ4v) is 4.95. The molecule has 0 saturated heterocycles. The van der Waals surface area contributed by atoms with E-state index in [9.17, 15) is 27.5 Å². The molecule has 11 heteroatoms. The number of fused-ring (bicyclic) bond motifs is 3. The average molecular weight is 452 g/mol. The second-order valence-corrected chi connectivity index (χ2v) is 8.26. The summed E-state index contributed by atoms with van der Waals surface area (Å²) in [4.78, 5) is 23.4. The van der Waals surface area contributed by atoms with Gasteiger partial charge < -0.3 is 15.2 Å². The molecule has 0 bridgehead atoms. The molecule has 1 fully saturated rings. The van der Waals surface area contributed by atoms with Gasteiger partial charge in [-0.1, -0.05) is 12.8 Å². The number of aromatic nitrogens is 2. The van der Waals surface area contributed by atoms with Gasteiger partial charge in [-0.15, -0.1) is 0 Å². The number of aliphatic hydroxyl groups excluding tert-OH is 1. The lowest BCUT2D eigenvalue weighted by molar-refractivity contribution is -0.122. The van der Waals surface area contributed by atoms with E-state index in [1.54, 1.807) is 6.07 Å². The number of hydrogen-bond acceptors (Lipinski definition) is 6. The van der Waals surface area contributed by atoms with Crippen molar-refractivity contribution in [2.45, 2.75) is 50.3 Å². The third-order valence-corrected chi connectivity index (χ3v) is 6.28. The lowest BCUT2D eigenvalue weighted by Crippen LogP contribution is -2.36. The molecule has 7 nitrogen and oxygen atoms in total. The van der Waals surface area contributed by atoms with Crippen molar-refractivity contribution in [3.63, 3.8) is 0 Å². The number of hydrogen-bond donors (Lipinski definition) is 2. The molecular formula is C21H20F4N4O3. The highest BCUT2D eigenvalue weighted by Crippen LogP contribution is 2.55. The number of amides is 1. The first-order valence-electron chi connectivity index (χ1n) is 10.4. The van der Waals surface area contributed by atoms with Crippen LogP contribution in [0, 0.1) is 5.82 Å². The molecule has 0 radical (unpaired) electrons. The van der Waals surface area contributed by atoms with Gasteiger partial charge in [0, 0.05) is 18.1 Å². The first-order valence-corrected chi connectivity index (χ1v) is 10.4. The number of carbonyl (C=O) groups excluding carboxylic acids is 1. The Morgan fingerprint density at radius 3 is 2.66 bits per heavy atom. The molecule has 170 valence electrons. The molecule has 2 aromatic rings. The minimum Gasteiger partial charge on any atom is -0.490 e. The highest BCUT2D eigenvalue weighted by Gasteiger charge is 2.56. The first-order chi connectivity index (χ1) is 15.2. The topological polar surface area (TPSA) is 87.6 Å². The number of aliphatic hydroxyl groups is 1. The van der Waals surface area contributed by atoms with Gasteiger partial charge in [0.15, 0.2) is 17.4 Å². The van der Waals surface area contributed by atoms with Crippen LogP contribution in [-0.4, -0.2) is 40.3 Å². The molecule has 1 amide bonds. The maximum Gasteiger partial charge on any atom is 0.405 e. The van der Waals surface area contributed by atoms with Crippen LogP contribution in [0.25, 0.3) is 0 Å². The Kier molecular flexibility index (Phi) is 4.77. The summed E-state index contributed by atoms with van der Waals surface area (Å²) < 4.78 is 58.8. The Bertz CT molecular complexity index is 1100. The van der Waals surface area contributed by atoms with Gasteiger partial charge in [-0.25, -0.2) is 14.4 Å². The van der Waals surface area contributed by atoms with Crippen molar-refractivity contribution in [3.8, 4) is 5.75 Å². The number of alkyl halides is 3. The van der Waals surface area contributed by atoms with Gasteiger partial charge in [0.05, 0.1) is 23.3 Å². The van der Waals surface area contributed by atoms with E-state index >= 15 is 0 Å². The normalized spacial score (nSPS) is 18.8. The van der Waals surface area contributed by atoms with Gasteiger partial charge in [-0.05, 0) is 18.9 Å². The Morgan fingerprint density at radius 2 is 1.97 bits per heavy atom. The van der Waals surface area contributed by atoms with Crippen molar-refractivity contribution in [2.75, 3.05) is 23.4 Å². The molecule has 1 aromatic carbocycles. The van der Waals surface area contributed by atoms with Crippen molar-refractivity contribution < 1.29 is 32.2 Å². The predicted molar refractivity (Wildman–Crippen MR) is 105 cm³/mol. The number of ether oxygens (including phenoxy) is 1. The molecule has 0 atom stereocenters. The van der Waals surface area contributed by atoms with Crippen LogP contribution < -0.4 is 15.0 Å². The molecule has 2 N–H and O–H groups in total. The number of nitrogens with zero attached hydrogens (tertiary/aromatic N) is 3. The summed E-state index contributed by atoms with van der Waals surface area (Å²) in [7, 11) is 0. The van der Waals surface area contributed by atoms with E-state index in [0.717, 1.165) is 0 Å². The molecule has 1 saturated carbocycles. The average Bonchev–Trinajstić information content (AvgIpc) is 3.46. The highest BCUT2D eigenvalue weighted by molar-refractivity contribution is 6.13. The molecule has 5 rings (SSSR count). The zero-order chi connectivity index (χ0) is 22.7. The summed E-state index contributed by atoms with van der Waals surface area (Å²) in [6.07, 6.45) is -1.75. The van der Waals surface area contributed by atoms with Crippen LogP contribution in [0.15, 0.2) is 12.1 Å². The van der Waals surface area contributed by atoms with Crippen LogP contribution in [0.3, 0.4) is 0 Å². The zero-order valence-corrected chi connectivity index (χ0v) is 16.9. The van der Waals surface area contributed by atoms with E-state index in [0.29, 0.717) is 44.3 Å². The highest BCUT2D eigenvalue weighted by atomic mass is 19.4. The van der Waals surface area contributed by atoms with Crippen molar-refractivity contribution in [1.82, 2.24) is 9.97 Å². The lowest BCUT2D eigenvalue weighted by atomic mass is 9.80. The van der Waals surface area contributed by atoms with Crippen LogP contribution in [0.2, 0.25) is 0 Å². The fraction of sp³-hybridized carbons (Fsp3) is 0.476. The van der Waals surface area contributed by atoms with Gasteiger partial charge in [0.25, 0.3) is 0 Å². The summed E-state index contributed by atoms with van der Waals surface area (Å²) in [5.41, 5.74) is 0.0156. The summed E-state index contributed by atoms with van der Waals surface area (Å²) in [5, 5.41) is 11.9. The van der Waals surface area contributed by atoms with E-state index in [2.05, 4.69) is 15.3 Å². The summed E-state index contributed by atoms with van der Waals surface area (Å²) >= 11 is 0. The van der Waals surface area contributed by atoms with Crippen LogP contribution in [-0.2, 0) is 23.2 Å². The summed E-state index contributed by atoms with van der Waals surface area (Å²) in [5.74, 6) is -1.03.